The standard InChI is InChI=1S/C21H25N3O4/c1-4-15-5-7-16(8-6-15)14(2)23-21(27)24-18-11-9-17(10-12-18)20(26)22-13-19(25)28-3/h5-12,14H,4,13H2,1-3H3,(H,22,26)(H2,23,24,27)/t14-/m1/s1. The van der Waals surface area contributed by atoms with E-state index in [-0.39, 0.29) is 18.6 Å². The smallest absolute Gasteiger partial charge is 0.325 e. The number of anilines is 1. The first-order valence-electron chi connectivity index (χ1n) is 9.04. The van der Waals surface area contributed by atoms with Crippen LogP contribution in [0.1, 0.15) is 41.4 Å². The maximum Gasteiger partial charge on any atom is 0.325 e. The van der Waals surface area contributed by atoms with Gasteiger partial charge in [-0.2, -0.15) is 0 Å². The second-order valence-corrected chi connectivity index (χ2v) is 6.25. The van der Waals surface area contributed by atoms with E-state index in [9.17, 15) is 14.4 Å². The zero-order valence-electron chi connectivity index (χ0n) is 16.2. The quantitative estimate of drug-likeness (QED) is 0.640. The van der Waals surface area contributed by atoms with Gasteiger partial charge in [-0.3, -0.25) is 9.59 Å². The van der Waals surface area contributed by atoms with Gasteiger partial charge in [-0.1, -0.05) is 31.2 Å². The van der Waals surface area contributed by atoms with Crippen LogP contribution in [0.3, 0.4) is 0 Å². The fraction of sp³-hybridized carbons (Fsp3) is 0.286. The number of hydrogen-bond donors (Lipinski definition) is 3. The molecular weight excluding hydrogens is 358 g/mol. The minimum Gasteiger partial charge on any atom is -0.468 e. The average molecular weight is 383 g/mol. The molecule has 7 nitrogen and oxygen atoms in total. The minimum absolute atomic E-state index is 0.144. The highest BCUT2D eigenvalue weighted by atomic mass is 16.5. The Hall–Kier alpha value is -3.35. The van der Waals surface area contributed by atoms with Crippen LogP contribution in [-0.2, 0) is 16.0 Å². The van der Waals surface area contributed by atoms with Gasteiger partial charge in [0.05, 0.1) is 13.2 Å². The molecule has 0 fully saturated rings. The highest BCUT2D eigenvalue weighted by Gasteiger charge is 2.11. The number of amides is 3. The van der Waals surface area contributed by atoms with Gasteiger partial charge in [-0.05, 0) is 48.7 Å². The van der Waals surface area contributed by atoms with E-state index >= 15 is 0 Å². The Balaban J connectivity index is 1.87. The van der Waals surface area contributed by atoms with Crippen molar-refractivity contribution in [1.29, 1.82) is 0 Å². The molecule has 0 unspecified atom stereocenters. The van der Waals surface area contributed by atoms with E-state index in [1.807, 2.05) is 19.1 Å². The predicted molar refractivity (Wildman–Crippen MR) is 107 cm³/mol. The molecule has 0 aliphatic heterocycles. The largest absolute Gasteiger partial charge is 0.468 e. The van der Waals surface area contributed by atoms with Gasteiger partial charge >= 0.3 is 12.0 Å². The van der Waals surface area contributed by atoms with E-state index in [4.69, 9.17) is 0 Å². The monoisotopic (exact) mass is 383 g/mol. The summed E-state index contributed by atoms with van der Waals surface area (Å²) in [7, 11) is 1.25. The SMILES string of the molecule is CCc1ccc([C@@H](C)NC(=O)Nc2ccc(C(=O)NCC(=O)OC)cc2)cc1. The summed E-state index contributed by atoms with van der Waals surface area (Å²) in [5.74, 6) is -0.924. The lowest BCUT2D eigenvalue weighted by Crippen LogP contribution is -2.31. The molecule has 2 aromatic rings. The number of methoxy groups -OCH3 is 1. The Morgan fingerprint density at radius 2 is 1.64 bits per heavy atom. The molecule has 148 valence electrons. The lowest BCUT2D eigenvalue weighted by Gasteiger charge is -2.15. The molecule has 1 atom stereocenters. The molecule has 0 bridgehead atoms. The topological polar surface area (TPSA) is 96.5 Å². The fourth-order valence-corrected chi connectivity index (χ4v) is 2.52. The van der Waals surface area contributed by atoms with Gasteiger partial charge in [0.2, 0.25) is 0 Å². The third kappa shape index (κ3) is 6.12. The van der Waals surface area contributed by atoms with E-state index in [1.54, 1.807) is 24.3 Å². The number of nitrogens with one attached hydrogen (secondary N) is 3. The molecule has 0 heterocycles. The van der Waals surface area contributed by atoms with Crippen molar-refractivity contribution in [2.45, 2.75) is 26.3 Å². The molecule has 0 aromatic heterocycles. The molecule has 0 saturated heterocycles. The van der Waals surface area contributed by atoms with E-state index in [0.29, 0.717) is 11.3 Å². The van der Waals surface area contributed by atoms with Crippen molar-refractivity contribution in [1.82, 2.24) is 10.6 Å². The number of aryl methyl sites for hydroxylation is 1. The zero-order chi connectivity index (χ0) is 20.5. The number of rotatable bonds is 7. The van der Waals surface area contributed by atoms with Gasteiger partial charge in [0.1, 0.15) is 6.54 Å². The lowest BCUT2D eigenvalue weighted by atomic mass is 10.1. The van der Waals surface area contributed by atoms with Gasteiger partial charge < -0.3 is 20.7 Å². The van der Waals surface area contributed by atoms with Crippen LogP contribution in [0.15, 0.2) is 48.5 Å². The van der Waals surface area contributed by atoms with Gasteiger partial charge in [-0.25, -0.2) is 4.79 Å². The number of hydrogen-bond acceptors (Lipinski definition) is 4. The molecule has 0 saturated carbocycles. The van der Waals surface area contributed by atoms with Crippen molar-refractivity contribution in [2.24, 2.45) is 0 Å². The van der Waals surface area contributed by atoms with E-state index < -0.39 is 11.9 Å². The summed E-state index contributed by atoms with van der Waals surface area (Å²) in [6.07, 6.45) is 0.972. The first kappa shape index (κ1) is 21.0. The van der Waals surface area contributed by atoms with E-state index in [2.05, 4.69) is 39.7 Å². The summed E-state index contributed by atoms with van der Waals surface area (Å²) in [5, 5.41) is 8.06. The molecular formula is C21H25N3O4. The van der Waals surface area contributed by atoms with Crippen molar-refractivity contribution >= 4 is 23.6 Å². The van der Waals surface area contributed by atoms with Gasteiger partial charge in [0.25, 0.3) is 5.91 Å². The predicted octanol–water partition coefficient (Wildman–Crippen LogP) is 3.03. The summed E-state index contributed by atoms with van der Waals surface area (Å²) < 4.78 is 4.47. The Morgan fingerprint density at radius 3 is 2.21 bits per heavy atom. The number of carbonyl (C=O) groups is 3. The second kappa shape index (κ2) is 10.1. The molecule has 0 aliphatic carbocycles. The third-order valence-corrected chi connectivity index (χ3v) is 4.26. The summed E-state index contributed by atoms with van der Waals surface area (Å²) >= 11 is 0. The molecule has 7 heteroatoms. The Morgan fingerprint density at radius 1 is 1.00 bits per heavy atom. The summed E-state index contributed by atoms with van der Waals surface area (Å²) in [6, 6.07) is 14.0. The van der Waals surface area contributed by atoms with Crippen LogP contribution in [0.25, 0.3) is 0 Å². The highest BCUT2D eigenvalue weighted by Crippen LogP contribution is 2.15. The lowest BCUT2D eigenvalue weighted by molar-refractivity contribution is -0.139. The molecule has 2 rings (SSSR count). The van der Waals surface area contributed by atoms with Gasteiger partial charge in [0.15, 0.2) is 0 Å². The van der Waals surface area contributed by atoms with Crippen LogP contribution in [0.4, 0.5) is 10.5 Å². The molecule has 0 aliphatic rings. The molecule has 0 spiro atoms. The number of carbonyl (C=O) groups excluding carboxylic acids is 3. The maximum atomic E-state index is 12.2. The minimum atomic E-state index is -0.526. The van der Waals surface area contributed by atoms with Crippen LogP contribution in [0.5, 0.6) is 0 Å². The summed E-state index contributed by atoms with van der Waals surface area (Å²) in [5.41, 5.74) is 3.19. The van der Waals surface area contributed by atoms with Crippen LogP contribution in [0, 0.1) is 0 Å². The second-order valence-electron chi connectivity index (χ2n) is 6.25. The number of urea groups is 1. The fourth-order valence-electron chi connectivity index (χ4n) is 2.52. The molecule has 28 heavy (non-hydrogen) atoms. The number of benzene rings is 2. The van der Waals surface area contributed by atoms with Crippen LogP contribution >= 0.6 is 0 Å². The zero-order valence-corrected chi connectivity index (χ0v) is 16.2. The van der Waals surface area contributed by atoms with Crippen molar-refractivity contribution in [3.05, 3.63) is 65.2 Å². The highest BCUT2D eigenvalue weighted by molar-refractivity contribution is 5.97. The van der Waals surface area contributed by atoms with Crippen molar-refractivity contribution in [3.8, 4) is 0 Å². The average Bonchev–Trinajstić information content (AvgIpc) is 2.72. The Kier molecular flexibility index (Phi) is 7.56. The van der Waals surface area contributed by atoms with Gasteiger partial charge in [0, 0.05) is 11.3 Å². The van der Waals surface area contributed by atoms with Gasteiger partial charge in [-0.15, -0.1) is 0 Å². The first-order valence-corrected chi connectivity index (χ1v) is 9.04. The normalized spacial score (nSPS) is 11.2. The van der Waals surface area contributed by atoms with E-state index in [1.165, 1.54) is 12.7 Å². The molecule has 3 amide bonds. The van der Waals surface area contributed by atoms with Crippen LogP contribution in [0.2, 0.25) is 0 Å². The summed E-state index contributed by atoms with van der Waals surface area (Å²) in [4.78, 5) is 35.2. The van der Waals surface area contributed by atoms with Crippen molar-refractivity contribution < 1.29 is 19.1 Å². The third-order valence-electron chi connectivity index (χ3n) is 4.26. The molecule has 3 N–H and O–H groups in total. The Labute approximate surface area is 164 Å². The maximum absolute atomic E-state index is 12.2. The van der Waals surface area contributed by atoms with Crippen LogP contribution < -0.4 is 16.0 Å². The number of ether oxygens (including phenoxy) is 1. The molecule has 2 aromatic carbocycles. The first-order chi connectivity index (χ1) is 13.4. The van der Waals surface area contributed by atoms with Crippen molar-refractivity contribution in [3.63, 3.8) is 0 Å². The molecule has 0 radical (unpaired) electrons. The summed E-state index contributed by atoms with van der Waals surface area (Å²) in [6.45, 7) is 3.81. The van der Waals surface area contributed by atoms with Crippen LogP contribution in [-0.4, -0.2) is 31.6 Å². The number of esters is 1. The van der Waals surface area contributed by atoms with Crippen molar-refractivity contribution in [2.75, 3.05) is 19.0 Å². The Bertz CT molecular complexity index is 817. The van der Waals surface area contributed by atoms with E-state index in [0.717, 1.165) is 12.0 Å².